The van der Waals surface area contributed by atoms with E-state index in [2.05, 4.69) is 5.32 Å². The van der Waals surface area contributed by atoms with Gasteiger partial charge in [-0.15, -0.1) is 0 Å². The van der Waals surface area contributed by atoms with Crippen LogP contribution in [-0.4, -0.2) is 11.1 Å². The molecule has 0 bridgehead atoms. The maximum atomic E-state index is 10.6. The van der Waals surface area contributed by atoms with Crippen LogP contribution in [0, 0.1) is 0 Å². The molecular weight excluding hydrogens is 166 g/mol. The number of benzene rings is 1. The Labute approximate surface area is 75.7 Å². The van der Waals surface area contributed by atoms with Gasteiger partial charge in [0.25, 0.3) is 0 Å². The second kappa shape index (κ2) is 2.94. The van der Waals surface area contributed by atoms with Gasteiger partial charge >= 0.3 is 5.97 Å². The van der Waals surface area contributed by atoms with Crippen LogP contribution in [0.2, 0.25) is 0 Å². The zero-order valence-electron chi connectivity index (χ0n) is 6.95. The number of carboxylic acids is 1. The van der Waals surface area contributed by atoms with E-state index >= 15 is 0 Å². The Morgan fingerprint density at radius 1 is 1.46 bits per heavy atom. The van der Waals surface area contributed by atoms with Crippen molar-refractivity contribution in [3.8, 4) is 0 Å². The summed E-state index contributed by atoms with van der Waals surface area (Å²) in [7, 11) is 0. The van der Waals surface area contributed by atoms with Gasteiger partial charge in [0.1, 0.15) is 0 Å². The van der Waals surface area contributed by atoms with Crippen LogP contribution in [0.5, 0.6) is 0 Å². The fourth-order valence-electron chi connectivity index (χ4n) is 1.37. The molecule has 0 unspecified atom stereocenters. The highest BCUT2D eigenvalue weighted by Crippen LogP contribution is 2.16. The lowest BCUT2D eigenvalue weighted by molar-refractivity contribution is 0.0697. The Balaban J connectivity index is 2.48. The van der Waals surface area contributed by atoms with Crippen molar-refractivity contribution in [3.05, 3.63) is 41.1 Å². The Hall–Kier alpha value is -1.77. The molecule has 0 amide bonds. The van der Waals surface area contributed by atoms with Gasteiger partial charge in [0.05, 0.1) is 5.56 Å². The summed E-state index contributed by atoms with van der Waals surface area (Å²) >= 11 is 0. The van der Waals surface area contributed by atoms with Crippen molar-refractivity contribution in [3.63, 3.8) is 0 Å². The second-order valence-electron chi connectivity index (χ2n) is 2.93. The van der Waals surface area contributed by atoms with Crippen LogP contribution in [0.3, 0.4) is 0 Å². The van der Waals surface area contributed by atoms with Gasteiger partial charge in [0.2, 0.25) is 0 Å². The Bertz CT molecular complexity index is 383. The summed E-state index contributed by atoms with van der Waals surface area (Å²) in [6.45, 7) is 0.701. The topological polar surface area (TPSA) is 49.3 Å². The average molecular weight is 175 g/mol. The maximum absolute atomic E-state index is 10.6. The van der Waals surface area contributed by atoms with Gasteiger partial charge in [-0.2, -0.15) is 0 Å². The molecule has 2 rings (SSSR count). The molecule has 0 spiro atoms. The lowest BCUT2D eigenvalue weighted by atomic mass is 10.0. The first-order chi connectivity index (χ1) is 6.27. The van der Waals surface area contributed by atoms with Crippen molar-refractivity contribution in [2.45, 2.75) is 6.54 Å². The van der Waals surface area contributed by atoms with Crippen LogP contribution in [0.1, 0.15) is 21.5 Å². The number of nitrogens with one attached hydrogen (secondary N) is 1. The predicted octanol–water partition coefficient (Wildman–Crippen LogP) is 1.46. The number of carbonyl (C=O) groups is 1. The molecule has 0 atom stereocenters. The Morgan fingerprint density at radius 3 is 3.08 bits per heavy atom. The first kappa shape index (κ1) is 7.86. The molecule has 2 N–H and O–H groups in total. The van der Waals surface area contributed by atoms with E-state index in [1.165, 1.54) is 0 Å². The van der Waals surface area contributed by atoms with Crippen LogP contribution < -0.4 is 5.32 Å². The van der Waals surface area contributed by atoms with Crippen LogP contribution in [0.15, 0.2) is 24.4 Å². The van der Waals surface area contributed by atoms with Gasteiger partial charge in [-0.05, 0) is 35.5 Å². The minimum atomic E-state index is -0.877. The lowest BCUT2D eigenvalue weighted by Crippen LogP contribution is -2.11. The molecule has 1 heterocycles. The van der Waals surface area contributed by atoms with Crippen molar-refractivity contribution >= 4 is 12.0 Å². The van der Waals surface area contributed by atoms with Crippen molar-refractivity contribution in [1.29, 1.82) is 0 Å². The van der Waals surface area contributed by atoms with Gasteiger partial charge in [0, 0.05) is 6.54 Å². The lowest BCUT2D eigenvalue weighted by Gasteiger charge is -2.11. The third-order valence-corrected chi connectivity index (χ3v) is 2.06. The molecule has 0 saturated heterocycles. The first-order valence-electron chi connectivity index (χ1n) is 4.03. The molecule has 1 aromatic rings. The van der Waals surface area contributed by atoms with Crippen molar-refractivity contribution < 1.29 is 9.90 Å². The van der Waals surface area contributed by atoms with Crippen molar-refractivity contribution in [1.82, 2.24) is 5.32 Å². The van der Waals surface area contributed by atoms with Crippen molar-refractivity contribution in [2.24, 2.45) is 0 Å². The zero-order valence-corrected chi connectivity index (χ0v) is 6.95. The molecule has 1 aromatic carbocycles. The predicted molar refractivity (Wildman–Crippen MR) is 49.3 cm³/mol. The summed E-state index contributed by atoms with van der Waals surface area (Å²) in [5, 5.41) is 11.8. The van der Waals surface area contributed by atoms with E-state index in [0.29, 0.717) is 12.1 Å². The van der Waals surface area contributed by atoms with Crippen LogP contribution in [-0.2, 0) is 6.54 Å². The molecule has 0 aliphatic carbocycles. The normalized spacial score (nSPS) is 13.2. The molecule has 0 fully saturated rings. The van der Waals surface area contributed by atoms with Gasteiger partial charge in [-0.3, -0.25) is 0 Å². The molecule has 1 aliphatic heterocycles. The van der Waals surface area contributed by atoms with Gasteiger partial charge < -0.3 is 10.4 Å². The van der Waals surface area contributed by atoms with Crippen LogP contribution in [0.25, 0.3) is 6.08 Å². The summed E-state index contributed by atoms with van der Waals surface area (Å²) in [5.41, 5.74) is 2.46. The van der Waals surface area contributed by atoms with E-state index in [1.807, 2.05) is 18.3 Å². The minimum absolute atomic E-state index is 0.343. The summed E-state index contributed by atoms with van der Waals surface area (Å²) in [4.78, 5) is 10.6. The fraction of sp³-hybridized carbons (Fsp3) is 0.100. The van der Waals surface area contributed by atoms with Crippen LogP contribution in [0.4, 0.5) is 0 Å². The van der Waals surface area contributed by atoms with Gasteiger partial charge in [-0.1, -0.05) is 6.07 Å². The maximum Gasteiger partial charge on any atom is 0.335 e. The van der Waals surface area contributed by atoms with E-state index < -0.39 is 5.97 Å². The van der Waals surface area contributed by atoms with Crippen molar-refractivity contribution in [2.75, 3.05) is 0 Å². The number of carboxylic acid groups (broad SMARTS) is 1. The molecule has 13 heavy (non-hydrogen) atoms. The van der Waals surface area contributed by atoms with E-state index in [-0.39, 0.29) is 0 Å². The Kier molecular flexibility index (Phi) is 1.77. The highest BCUT2D eigenvalue weighted by atomic mass is 16.4. The van der Waals surface area contributed by atoms with E-state index in [1.54, 1.807) is 12.1 Å². The minimum Gasteiger partial charge on any atom is -0.478 e. The largest absolute Gasteiger partial charge is 0.478 e. The van der Waals surface area contributed by atoms with E-state index in [0.717, 1.165) is 11.1 Å². The zero-order chi connectivity index (χ0) is 9.26. The highest BCUT2D eigenvalue weighted by molar-refractivity contribution is 5.88. The van der Waals surface area contributed by atoms with E-state index in [4.69, 9.17) is 5.11 Å². The first-order valence-corrected chi connectivity index (χ1v) is 4.03. The molecule has 3 nitrogen and oxygen atoms in total. The number of fused-ring (bicyclic) bond motifs is 1. The standard InChI is InChI=1S/C10H9NO2/c12-10(13)8-2-1-7-3-4-11-6-9(7)5-8/h1-5,11H,6H2,(H,12,13). The smallest absolute Gasteiger partial charge is 0.335 e. The van der Waals surface area contributed by atoms with E-state index in [9.17, 15) is 4.79 Å². The third-order valence-electron chi connectivity index (χ3n) is 2.06. The molecule has 66 valence electrons. The van der Waals surface area contributed by atoms with Gasteiger partial charge in [-0.25, -0.2) is 4.79 Å². The summed E-state index contributed by atoms with van der Waals surface area (Å²) in [6, 6.07) is 5.15. The van der Waals surface area contributed by atoms with Crippen LogP contribution >= 0.6 is 0 Å². The highest BCUT2D eigenvalue weighted by Gasteiger charge is 2.08. The number of aromatic carboxylic acids is 1. The SMILES string of the molecule is O=C(O)c1ccc2c(c1)CNC=C2. The molecule has 0 saturated carbocycles. The molecule has 1 aliphatic rings. The summed E-state index contributed by atoms with van der Waals surface area (Å²) in [5.74, 6) is -0.877. The number of hydrogen-bond donors (Lipinski definition) is 2. The monoisotopic (exact) mass is 175 g/mol. The summed E-state index contributed by atoms with van der Waals surface area (Å²) < 4.78 is 0. The average Bonchev–Trinajstić information content (AvgIpc) is 2.17. The molecule has 0 aromatic heterocycles. The molecular formula is C10H9NO2. The quantitative estimate of drug-likeness (QED) is 0.679. The summed E-state index contributed by atoms with van der Waals surface area (Å²) in [6.07, 6.45) is 3.80. The second-order valence-corrected chi connectivity index (χ2v) is 2.93. The number of hydrogen-bond acceptors (Lipinski definition) is 2. The molecule has 0 radical (unpaired) electrons. The third kappa shape index (κ3) is 1.40. The molecule has 3 heteroatoms. The Morgan fingerprint density at radius 2 is 2.31 bits per heavy atom. The fourth-order valence-corrected chi connectivity index (χ4v) is 1.37. The number of rotatable bonds is 1. The van der Waals surface area contributed by atoms with Gasteiger partial charge in [0.15, 0.2) is 0 Å².